The second kappa shape index (κ2) is 6.55. The molecule has 8 nitrogen and oxygen atoms in total. The lowest BCUT2D eigenvalue weighted by Crippen LogP contribution is -2.33. The summed E-state index contributed by atoms with van der Waals surface area (Å²) in [6, 6.07) is 5.98. The van der Waals surface area contributed by atoms with Crippen molar-refractivity contribution >= 4 is 13.5 Å². The quantitative estimate of drug-likeness (QED) is 0.452. The highest BCUT2D eigenvalue weighted by atomic mass is 31.2. The predicted octanol–water partition coefficient (Wildman–Crippen LogP) is 1.34. The fourth-order valence-corrected chi connectivity index (χ4v) is 2.79. The molecule has 0 fully saturated rings. The normalized spacial score (nSPS) is 21.7. The minimum absolute atomic E-state index is 0.0393. The summed E-state index contributed by atoms with van der Waals surface area (Å²) < 4.78 is 14.2. The van der Waals surface area contributed by atoms with E-state index in [-0.39, 0.29) is 17.9 Å². The number of nitrogens with zero attached hydrogens (tertiary/aromatic N) is 1. The highest BCUT2D eigenvalue weighted by Gasteiger charge is 2.32. The molecule has 1 aliphatic rings. The molecular formula is C14H16NO7P. The summed E-state index contributed by atoms with van der Waals surface area (Å²) in [5, 5.41) is 38.9. The van der Waals surface area contributed by atoms with Gasteiger partial charge in [0.05, 0.1) is 17.7 Å². The first kappa shape index (κ1) is 17.2. The first-order chi connectivity index (χ1) is 10.7. The van der Waals surface area contributed by atoms with E-state index >= 15 is 0 Å². The van der Waals surface area contributed by atoms with Crippen LogP contribution in [0.3, 0.4) is 0 Å². The van der Waals surface area contributed by atoms with Crippen LogP contribution < -0.4 is 0 Å². The van der Waals surface area contributed by atoms with Crippen LogP contribution in [0.2, 0.25) is 0 Å². The SMILES string of the molecule is O=P(O)(O)/N=C1\C=C(O)C=C(O)C1C(O)Cc1ccc(O)cc1. The zero-order valence-electron chi connectivity index (χ0n) is 11.8. The Labute approximate surface area is 131 Å². The van der Waals surface area contributed by atoms with Crippen molar-refractivity contribution in [3.8, 4) is 5.75 Å². The first-order valence-electron chi connectivity index (χ1n) is 6.58. The van der Waals surface area contributed by atoms with Crippen molar-refractivity contribution in [3.05, 3.63) is 53.5 Å². The molecule has 6 N–H and O–H groups in total. The maximum atomic E-state index is 11.1. The van der Waals surface area contributed by atoms with E-state index < -0.39 is 31.3 Å². The fraction of sp³-hybridized carbons (Fsp3) is 0.214. The Hall–Kier alpha value is -2.12. The Balaban J connectivity index is 2.30. The van der Waals surface area contributed by atoms with Gasteiger partial charge in [-0.05, 0) is 24.1 Å². The number of aromatic hydroxyl groups is 1. The minimum Gasteiger partial charge on any atom is -0.511 e. The Morgan fingerprint density at radius 1 is 1.09 bits per heavy atom. The molecule has 0 spiro atoms. The van der Waals surface area contributed by atoms with Crippen LogP contribution in [-0.4, -0.2) is 42.0 Å². The van der Waals surface area contributed by atoms with Gasteiger partial charge in [0.15, 0.2) is 0 Å². The number of aliphatic hydroxyl groups excluding tert-OH is 3. The molecule has 1 aliphatic carbocycles. The zero-order chi connectivity index (χ0) is 17.2. The Bertz CT molecular complexity index is 717. The van der Waals surface area contributed by atoms with Gasteiger partial charge in [-0.15, -0.1) is 0 Å². The molecule has 0 heterocycles. The summed E-state index contributed by atoms with van der Waals surface area (Å²) in [6.07, 6.45) is 0.746. The minimum atomic E-state index is -4.80. The molecule has 1 aromatic rings. The topological polar surface area (TPSA) is 151 Å². The molecule has 2 rings (SSSR count). The number of aliphatic hydroxyl groups is 3. The van der Waals surface area contributed by atoms with Crippen molar-refractivity contribution in [2.45, 2.75) is 12.5 Å². The summed E-state index contributed by atoms with van der Waals surface area (Å²) in [7, 11) is -4.80. The fourth-order valence-electron chi connectivity index (χ4n) is 2.30. The Morgan fingerprint density at radius 2 is 1.70 bits per heavy atom. The van der Waals surface area contributed by atoms with Gasteiger partial charge < -0.3 is 30.2 Å². The summed E-state index contributed by atoms with van der Waals surface area (Å²) in [4.78, 5) is 17.9. The van der Waals surface area contributed by atoms with Crippen molar-refractivity contribution in [1.82, 2.24) is 0 Å². The molecule has 23 heavy (non-hydrogen) atoms. The molecule has 124 valence electrons. The van der Waals surface area contributed by atoms with Gasteiger partial charge in [-0.2, -0.15) is 4.76 Å². The van der Waals surface area contributed by atoms with Gasteiger partial charge in [0.25, 0.3) is 0 Å². The molecule has 0 saturated heterocycles. The van der Waals surface area contributed by atoms with E-state index in [1.807, 2.05) is 0 Å². The van der Waals surface area contributed by atoms with Crippen LogP contribution in [0.25, 0.3) is 0 Å². The number of phenolic OH excluding ortho intramolecular Hbond substituents is 1. The lowest BCUT2D eigenvalue weighted by molar-refractivity contribution is 0.130. The molecule has 0 saturated carbocycles. The largest absolute Gasteiger partial charge is 0.511 e. The summed E-state index contributed by atoms with van der Waals surface area (Å²) >= 11 is 0. The van der Waals surface area contributed by atoms with E-state index in [0.29, 0.717) is 5.56 Å². The third kappa shape index (κ3) is 4.67. The van der Waals surface area contributed by atoms with Crippen LogP contribution in [0.4, 0.5) is 0 Å². The first-order valence-corrected chi connectivity index (χ1v) is 8.15. The van der Waals surface area contributed by atoms with Gasteiger partial charge in [-0.1, -0.05) is 12.1 Å². The Morgan fingerprint density at radius 3 is 2.26 bits per heavy atom. The predicted molar refractivity (Wildman–Crippen MR) is 82.2 cm³/mol. The monoisotopic (exact) mass is 341 g/mol. The van der Waals surface area contributed by atoms with Crippen LogP contribution >= 0.6 is 7.75 Å². The Kier molecular flexibility index (Phi) is 4.91. The number of hydrogen-bond acceptors (Lipinski definition) is 5. The van der Waals surface area contributed by atoms with Crippen molar-refractivity contribution in [1.29, 1.82) is 0 Å². The van der Waals surface area contributed by atoms with Gasteiger partial charge in [0.2, 0.25) is 0 Å². The molecule has 2 atom stereocenters. The number of hydrogen-bond donors (Lipinski definition) is 6. The smallest absolute Gasteiger partial charge is 0.448 e. The van der Waals surface area contributed by atoms with Crippen molar-refractivity contribution < 1.29 is 34.8 Å². The molecule has 0 amide bonds. The highest BCUT2D eigenvalue weighted by Crippen LogP contribution is 2.39. The molecule has 0 aliphatic heterocycles. The molecule has 2 unspecified atom stereocenters. The lowest BCUT2D eigenvalue weighted by atomic mass is 9.87. The third-order valence-corrected chi connectivity index (χ3v) is 3.73. The molecule has 0 radical (unpaired) electrons. The van der Waals surface area contributed by atoms with Crippen LogP contribution in [-0.2, 0) is 11.0 Å². The van der Waals surface area contributed by atoms with Crippen molar-refractivity contribution in [3.63, 3.8) is 0 Å². The molecule has 1 aromatic carbocycles. The van der Waals surface area contributed by atoms with Crippen LogP contribution in [0.1, 0.15) is 5.56 Å². The van der Waals surface area contributed by atoms with Gasteiger partial charge in [-0.3, -0.25) is 0 Å². The van der Waals surface area contributed by atoms with Crippen LogP contribution in [0.15, 0.2) is 52.7 Å². The van der Waals surface area contributed by atoms with Crippen molar-refractivity contribution in [2.75, 3.05) is 0 Å². The standard InChI is InChI=1S/C14H16NO7P/c16-9-3-1-8(2-4-9)5-12(18)14-11(15-23(20,21)22)6-10(17)7-13(14)19/h1-4,6-7,12,14,16-19H,5H2,(H2,20,21,22)/b15-11+. The van der Waals surface area contributed by atoms with E-state index in [0.717, 1.165) is 12.2 Å². The van der Waals surface area contributed by atoms with E-state index in [2.05, 4.69) is 4.76 Å². The molecule has 9 heteroatoms. The lowest BCUT2D eigenvalue weighted by Gasteiger charge is -2.25. The van der Waals surface area contributed by atoms with E-state index in [9.17, 15) is 25.0 Å². The van der Waals surface area contributed by atoms with E-state index in [1.165, 1.54) is 12.1 Å². The summed E-state index contributed by atoms with van der Waals surface area (Å²) in [6.45, 7) is 0. The highest BCUT2D eigenvalue weighted by molar-refractivity contribution is 7.50. The van der Waals surface area contributed by atoms with E-state index in [1.54, 1.807) is 12.1 Å². The van der Waals surface area contributed by atoms with Gasteiger partial charge in [0, 0.05) is 12.2 Å². The second-order valence-corrected chi connectivity index (χ2v) is 6.32. The molecule has 0 bridgehead atoms. The maximum Gasteiger partial charge on any atom is 0.448 e. The zero-order valence-corrected chi connectivity index (χ0v) is 12.7. The number of allylic oxidation sites excluding steroid dienone is 2. The average Bonchev–Trinajstić information content (AvgIpc) is 2.38. The van der Waals surface area contributed by atoms with E-state index in [4.69, 9.17) is 9.79 Å². The third-order valence-electron chi connectivity index (χ3n) is 3.24. The maximum absolute atomic E-state index is 11.1. The summed E-state index contributed by atoms with van der Waals surface area (Å²) in [5.74, 6) is -2.01. The number of phenols is 1. The number of rotatable bonds is 4. The van der Waals surface area contributed by atoms with Crippen molar-refractivity contribution in [2.24, 2.45) is 10.7 Å². The number of benzene rings is 1. The average molecular weight is 341 g/mol. The molecular weight excluding hydrogens is 325 g/mol. The van der Waals surface area contributed by atoms with Gasteiger partial charge in [0.1, 0.15) is 17.3 Å². The van der Waals surface area contributed by atoms with Crippen LogP contribution in [0, 0.1) is 5.92 Å². The molecule has 0 aromatic heterocycles. The van der Waals surface area contributed by atoms with Crippen LogP contribution in [0.5, 0.6) is 5.75 Å². The summed E-state index contributed by atoms with van der Waals surface area (Å²) in [5.41, 5.74) is 0.319. The van der Waals surface area contributed by atoms with Gasteiger partial charge in [-0.25, -0.2) is 4.57 Å². The van der Waals surface area contributed by atoms with Gasteiger partial charge >= 0.3 is 7.75 Å². The second-order valence-electron chi connectivity index (χ2n) is 5.09.